The number of rotatable bonds is 5. The number of nitrogens with two attached hydrogens (primary N) is 1. The highest BCUT2D eigenvalue weighted by molar-refractivity contribution is 6.36. The Balaban J connectivity index is 2.67. The quantitative estimate of drug-likeness (QED) is 0.679. The van der Waals surface area contributed by atoms with E-state index in [9.17, 15) is 9.18 Å². The number of nitrogens with one attached hydrogen (secondary N) is 1. The van der Waals surface area contributed by atoms with Gasteiger partial charge in [0.15, 0.2) is 22.0 Å². The Bertz CT molecular complexity index is 701. The van der Waals surface area contributed by atoms with Crippen LogP contribution in [0.3, 0.4) is 0 Å². The molecular weight excluding hydrogens is 294 g/mol. The Kier molecular flexibility index (Phi) is 4.42. The van der Waals surface area contributed by atoms with Gasteiger partial charge in [0.1, 0.15) is 17.6 Å². The van der Waals surface area contributed by atoms with Gasteiger partial charge < -0.3 is 25.3 Å². The van der Waals surface area contributed by atoms with E-state index in [1.54, 1.807) is 0 Å². The maximum absolute atomic E-state index is 14.5. The van der Waals surface area contributed by atoms with Crippen molar-refractivity contribution >= 4 is 37.6 Å². The maximum Gasteiger partial charge on any atom is 0.320 e. The second-order valence-corrected chi connectivity index (χ2v) is 5.08. The van der Waals surface area contributed by atoms with Crippen LogP contribution in [0.5, 0.6) is 11.5 Å². The number of hydrogen-bond donors (Lipinski definition) is 3. The topological polar surface area (TPSA) is 97.6 Å². The van der Waals surface area contributed by atoms with Crippen LogP contribution in [-0.4, -0.2) is 52.6 Å². The highest BCUT2D eigenvalue weighted by atomic mass is 27.0. The molecule has 2 rings (SSSR count). The summed E-state index contributed by atoms with van der Waals surface area (Å²) in [5.41, 5.74) is 6.40. The predicted octanol–water partition coefficient (Wildman–Crippen LogP) is 0.0724. The fraction of sp³-hybridized carbons (Fsp3) is 0.308. The second-order valence-electron chi connectivity index (χ2n) is 4.51. The van der Waals surface area contributed by atoms with Gasteiger partial charge in [0.05, 0.1) is 19.7 Å². The number of methoxy groups -OCH3 is 2. The molecule has 1 aromatic carbocycles. The average molecular weight is 308 g/mol. The number of carbonyl (C=O) groups is 1. The van der Waals surface area contributed by atoms with Crippen LogP contribution in [0, 0.1) is 5.82 Å². The SMILES string of the molecule is COc1[c]([Al])c(F)c2c(CC(N)C(=O)O)c[nH]c2c1OC. The summed E-state index contributed by atoms with van der Waals surface area (Å²) in [5, 5.41) is 9.14. The van der Waals surface area contributed by atoms with Crippen molar-refractivity contribution in [2.75, 3.05) is 14.2 Å². The number of carboxylic acid groups (broad SMARTS) is 1. The third-order valence-electron chi connectivity index (χ3n) is 3.26. The van der Waals surface area contributed by atoms with Crippen molar-refractivity contribution in [2.24, 2.45) is 5.73 Å². The van der Waals surface area contributed by atoms with E-state index in [0.29, 0.717) is 16.8 Å². The molecule has 2 radical (unpaired) electrons. The van der Waals surface area contributed by atoms with Crippen LogP contribution in [0.4, 0.5) is 4.39 Å². The molecule has 0 saturated carbocycles. The van der Waals surface area contributed by atoms with Gasteiger partial charge in [0, 0.05) is 18.0 Å². The number of ether oxygens (including phenoxy) is 2. The minimum atomic E-state index is -1.14. The second kappa shape index (κ2) is 5.94. The molecule has 0 spiro atoms. The highest BCUT2D eigenvalue weighted by Crippen LogP contribution is 2.36. The Morgan fingerprint density at radius 2 is 2.10 bits per heavy atom. The van der Waals surface area contributed by atoms with Crippen LogP contribution in [0.2, 0.25) is 0 Å². The number of H-pyrrole nitrogens is 1. The van der Waals surface area contributed by atoms with Gasteiger partial charge in [-0.15, -0.1) is 0 Å². The first-order valence-electron chi connectivity index (χ1n) is 6.09. The van der Waals surface area contributed by atoms with Gasteiger partial charge in [-0.2, -0.15) is 0 Å². The number of hydrogen-bond acceptors (Lipinski definition) is 4. The molecule has 6 nitrogen and oxygen atoms in total. The lowest BCUT2D eigenvalue weighted by Gasteiger charge is -2.14. The van der Waals surface area contributed by atoms with Crippen molar-refractivity contribution in [3.63, 3.8) is 0 Å². The fourth-order valence-corrected chi connectivity index (χ4v) is 2.64. The van der Waals surface area contributed by atoms with E-state index >= 15 is 0 Å². The molecule has 0 fully saturated rings. The molecule has 21 heavy (non-hydrogen) atoms. The highest BCUT2D eigenvalue weighted by Gasteiger charge is 2.23. The van der Waals surface area contributed by atoms with Crippen molar-refractivity contribution < 1.29 is 23.8 Å². The van der Waals surface area contributed by atoms with Crippen molar-refractivity contribution in [3.8, 4) is 11.5 Å². The lowest BCUT2D eigenvalue weighted by molar-refractivity contribution is -0.138. The van der Waals surface area contributed by atoms with Gasteiger partial charge in [-0.3, -0.25) is 4.79 Å². The van der Waals surface area contributed by atoms with Gasteiger partial charge in [-0.25, -0.2) is 4.39 Å². The summed E-state index contributed by atoms with van der Waals surface area (Å²) >= 11 is 2.26. The molecule has 0 aliphatic rings. The number of aliphatic carboxylic acids is 1. The molecule has 2 aromatic rings. The third kappa shape index (κ3) is 2.58. The van der Waals surface area contributed by atoms with Crippen LogP contribution in [0.25, 0.3) is 10.9 Å². The van der Waals surface area contributed by atoms with Crippen LogP contribution < -0.4 is 19.6 Å². The first kappa shape index (κ1) is 15.6. The number of aromatic amines is 1. The monoisotopic (exact) mass is 308 g/mol. The van der Waals surface area contributed by atoms with Crippen LogP contribution >= 0.6 is 0 Å². The maximum atomic E-state index is 14.5. The molecule has 0 bridgehead atoms. The van der Waals surface area contributed by atoms with Crippen molar-refractivity contribution in [1.82, 2.24) is 4.98 Å². The van der Waals surface area contributed by atoms with E-state index < -0.39 is 17.8 Å². The summed E-state index contributed by atoms with van der Waals surface area (Å²) in [6.45, 7) is 0. The van der Waals surface area contributed by atoms with Gasteiger partial charge in [-0.1, -0.05) is 4.43 Å². The fourth-order valence-electron chi connectivity index (χ4n) is 2.25. The molecule has 1 heterocycles. The molecule has 8 heteroatoms. The molecule has 1 aromatic heterocycles. The van der Waals surface area contributed by atoms with Gasteiger partial charge in [0.2, 0.25) is 0 Å². The number of aromatic nitrogens is 1. The van der Waals surface area contributed by atoms with Crippen LogP contribution in [0.15, 0.2) is 6.20 Å². The molecule has 1 unspecified atom stereocenters. The van der Waals surface area contributed by atoms with E-state index in [4.69, 9.17) is 20.3 Å². The zero-order valence-corrected chi connectivity index (χ0v) is 12.7. The van der Waals surface area contributed by atoms with Gasteiger partial charge in [0.25, 0.3) is 0 Å². The summed E-state index contributed by atoms with van der Waals surface area (Å²) in [4.78, 5) is 13.8. The van der Waals surface area contributed by atoms with E-state index in [2.05, 4.69) is 21.3 Å². The Labute approximate surface area is 128 Å². The van der Waals surface area contributed by atoms with Crippen molar-refractivity contribution in [3.05, 3.63) is 17.6 Å². The largest absolute Gasteiger partial charge is 0.494 e. The molecule has 0 saturated heterocycles. The number of fused-ring (bicyclic) bond motifs is 1. The molecule has 0 amide bonds. The summed E-state index contributed by atoms with van der Waals surface area (Å²) in [6, 6.07) is -1.11. The minimum Gasteiger partial charge on any atom is -0.494 e. The molecule has 0 aliphatic heterocycles. The lowest BCUT2D eigenvalue weighted by Crippen LogP contribution is -2.32. The number of carboxylic acids is 1. The minimum absolute atomic E-state index is 0.00580. The summed E-state index contributed by atoms with van der Waals surface area (Å²) in [7, 11) is 2.86. The van der Waals surface area contributed by atoms with Crippen LogP contribution in [0.1, 0.15) is 5.56 Å². The van der Waals surface area contributed by atoms with E-state index in [1.165, 1.54) is 20.4 Å². The lowest BCUT2D eigenvalue weighted by atomic mass is 10.0. The zero-order chi connectivity index (χ0) is 15.7. The number of benzene rings is 1. The van der Waals surface area contributed by atoms with E-state index in [0.717, 1.165) is 0 Å². The van der Waals surface area contributed by atoms with Crippen molar-refractivity contribution in [1.29, 1.82) is 0 Å². The first-order valence-corrected chi connectivity index (χ1v) is 6.67. The normalized spacial score (nSPS) is 12.4. The van der Waals surface area contributed by atoms with Crippen LogP contribution in [-0.2, 0) is 11.2 Å². The average Bonchev–Trinajstić information content (AvgIpc) is 2.86. The Morgan fingerprint density at radius 3 is 2.62 bits per heavy atom. The zero-order valence-electron chi connectivity index (χ0n) is 11.6. The van der Waals surface area contributed by atoms with Crippen molar-refractivity contribution in [2.45, 2.75) is 12.5 Å². The van der Waals surface area contributed by atoms with Gasteiger partial charge in [-0.05, 0) is 5.56 Å². The third-order valence-corrected chi connectivity index (χ3v) is 3.78. The summed E-state index contributed by atoms with van der Waals surface area (Å²) < 4.78 is 25.2. The molecule has 110 valence electrons. The smallest absolute Gasteiger partial charge is 0.320 e. The molecule has 0 aliphatic carbocycles. The first-order chi connectivity index (χ1) is 9.92. The predicted molar refractivity (Wildman–Crippen MR) is 76.1 cm³/mol. The molecule has 1 atom stereocenters. The van der Waals surface area contributed by atoms with E-state index in [-0.39, 0.29) is 22.0 Å². The standard InChI is InChI=1S/C13H14FN2O4.Al/c1-19-9-4-7(14)10-6(3-8(15)13(17)18)5-16-11(10)12(9)20-2;/h5,8,16H,3,15H2,1-2H3,(H,17,18);. The Hall–Kier alpha value is -1.75. The Morgan fingerprint density at radius 1 is 1.48 bits per heavy atom. The molecule has 4 N–H and O–H groups in total. The summed E-state index contributed by atoms with van der Waals surface area (Å²) in [5.74, 6) is -1.03. The number of halogens is 1. The molecular formula is C13H14AlFN2O4. The van der Waals surface area contributed by atoms with Gasteiger partial charge >= 0.3 is 5.97 Å². The summed E-state index contributed by atoms with van der Waals surface area (Å²) in [6.07, 6.45) is 1.54. The van der Waals surface area contributed by atoms with E-state index in [1.807, 2.05) is 0 Å².